The van der Waals surface area contributed by atoms with Crippen LogP contribution in [0.2, 0.25) is 19.6 Å². The van der Waals surface area contributed by atoms with Gasteiger partial charge in [-0.3, -0.25) is 9.87 Å². The summed E-state index contributed by atoms with van der Waals surface area (Å²) in [5.74, 6) is -0.765. The van der Waals surface area contributed by atoms with Crippen molar-refractivity contribution in [1.29, 1.82) is 0 Å². The highest BCUT2D eigenvalue weighted by molar-refractivity contribution is 6.88. The third-order valence-corrected chi connectivity index (χ3v) is 5.16. The second-order valence-electron chi connectivity index (χ2n) is 5.64. The molecular weight excluding hydrogens is 270 g/mol. The van der Waals surface area contributed by atoms with Crippen molar-refractivity contribution < 1.29 is 14.9 Å². The van der Waals surface area contributed by atoms with Crippen LogP contribution < -0.4 is 5.19 Å². The van der Waals surface area contributed by atoms with Crippen LogP contribution in [0.25, 0.3) is 11.3 Å². The fourth-order valence-electron chi connectivity index (χ4n) is 1.84. The van der Waals surface area contributed by atoms with Crippen molar-refractivity contribution in [3.8, 4) is 11.3 Å². The first kappa shape index (κ1) is 14.4. The van der Waals surface area contributed by atoms with Gasteiger partial charge in [0.1, 0.15) is 0 Å². The summed E-state index contributed by atoms with van der Waals surface area (Å²) in [7, 11) is -1.34. The third-order valence-electron chi connectivity index (χ3n) is 3.13. The average Bonchev–Trinajstić information content (AvgIpc) is 2.46. The van der Waals surface area contributed by atoms with E-state index in [-0.39, 0.29) is 0 Å². The number of hydrogen-bond donors (Lipinski definition) is 1. The van der Waals surface area contributed by atoms with Crippen LogP contribution in [0.5, 0.6) is 0 Å². The van der Waals surface area contributed by atoms with Crippen molar-refractivity contribution in [2.45, 2.75) is 19.6 Å². The maximum absolute atomic E-state index is 11.1. The zero-order chi connectivity index (χ0) is 14.8. The Balaban J connectivity index is 2.26. The van der Waals surface area contributed by atoms with E-state index in [2.05, 4.69) is 35.6 Å². The molecule has 0 atom stereocenters. The minimum atomic E-state index is -1.34. The van der Waals surface area contributed by atoms with Crippen molar-refractivity contribution >= 4 is 19.2 Å². The second-order valence-corrected chi connectivity index (χ2v) is 10.7. The van der Waals surface area contributed by atoms with Gasteiger partial charge in [-0.15, -0.1) is 0 Å². The van der Waals surface area contributed by atoms with E-state index < -0.39 is 14.0 Å². The van der Waals surface area contributed by atoms with Crippen LogP contribution in [0, 0.1) is 0 Å². The molecule has 0 aliphatic heterocycles. The lowest BCUT2D eigenvalue weighted by Gasteiger charge is -2.16. The number of nitrogens with zero attached hydrogens (tertiary/aromatic N) is 1. The number of hydrogen-bond acceptors (Lipinski definition) is 4. The molecule has 2 rings (SSSR count). The summed E-state index contributed by atoms with van der Waals surface area (Å²) >= 11 is 0. The Labute approximate surface area is 119 Å². The Morgan fingerprint density at radius 1 is 1.10 bits per heavy atom. The molecule has 1 heterocycles. The minimum Gasteiger partial charge on any atom is -0.296 e. The molecular formula is C15H17NO3Si. The van der Waals surface area contributed by atoms with E-state index >= 15 is 0 Å². The van der Waals surface area contributed by atoms with E-state index in [4.69, 9.17) is 5.26 Å². The zero-order valence-electron chi connectivity index (χ0n) is 11.8. The number of rotatable bonds is 3. The molecule has 0 aliphatic rings. The molecule has 0 bridgehead atoms. The summed E-state index contributed by atoms with van der Waals surface area (Å²) in [6.07, 6.45) is 1.93. The fourth-order valence-corrected chi connectivity index (χ4v) is 2.87. The average molecular weight is 287 g/mol. The van der Waals surface area contributed by atoms with Gasteiger partial charge in [0, 0.05) is 11.8 Å². The van der Waals surface area contributed by atoms with Crippen LogP contribution in [0.15, 0.2) is 42.6 Å². The summed E-state index contributed by atoms with van der Waals surface area (Å²) in [5, 5.41) is 9.63. The Morgan fingerprint density at radius 2 is 1.75 bits per heavy atom. The van der Waals surface area contributed by atoms with Crippen LogP contribution in [0.3, 0.4) is 0 Å². The van der Waals surface area contributed by atoms with E-state index in [0.717, 1.165) is 11.3 Å². The summed E-state index contributed by atoms with van der Waals surface area (Å²) < 4.78 is 0. The van der Waals surface area contributed by atoms with Gasteiger partial charge < -0.3 is 0 Å². The van der Waals surface area contributed by atoms with Gasteiger partial charge in [-0.05, 0) is 23.4 Å². The standard InChI is InChI=1S/C15H17NO3Si/c1-20(2,3)13-8-9-14(16-10-13)11-4-6-12(7-5-11)15(17)19-18/h4-10,18H,1-3H3. The molecule has 0 amide bonds. The van der Waals surface area contributed by atoms with Crippen LogP contribution in [-0.2, 0) is 4.89 Å². The summed E-state index contributed by atoms with van der Waals surface area (Å²) in [4.78, 5) is 19.3. The largest absolute Gasteiger partial charge is 0.372 e. The normalized spacial score (nSPS) is 11.2. The molecule has 2 aromatic rings. The molecule has 20 heavy (non-hydrogen) atoms. The zero-order valence-corrected chi connectivity index (χ0v) is 12.8. The van der Waals surface area contributed by atoms with Crippen LogP contribution in [0.1, 0.15) is 10.4 Å². The van der Waals surface area contributed by atoms with Gasteiger partial charge in [0.2, 0.25) is 0 Å². The van der Waals surface area contributed by atoms with Crippen molar-refractivity contribution in [2.24, 2.45) is 0 Å². The van der Waals surface area contributed by atoms with E-state index in [0.29, 0.717) is 5.56 Å². The molecule has 0 unspecified atom stereocenters. The molecule has 0 saturated heterocycles. The maximum atomic E-state index is 11.1. The third kappa shape index (κ3) is 3.12. The quantitative estimate of drug-likeness (QED) is 0.536. The molecule has 0 aliphatic carbocycles. The Kier molecular flexibility index (Phi) is 4.01. The van der Waals surface area contributed by atoms with Gasteiger partial charge in [-0.1, -0.05) is 37.8 Å². The molecule has 0 fully saturated rings. The van der Waals surface area contributed by atoms with Crippen LogP contribution >= 0.6 is 0 Å². The summed E-state index contributed by atoms with van der Waals surface area (Å²) in [6.45, 7) is 6.83. The highest BCUT2D eigenvalue weighted by Gasteiger charge is 2.16. The van der Waals surface area contributed by atoms with Crippen LogP contribution in [-0.4, -0.2) is 24.3 Å². The number of aromatic nitrogens is 1. The van der Waals surface area contributed by atoms with Crippen molar-refractivity contribution in [1.82, 2.24) is 4.98 Å². The Bertz CT molecular complexity index is 601. The van der Waals surface area contributed by atoms with E-state index in [1.807, 2.05) is 12.3 Å². The van der Waals surface area contributed by atoms with E-state index in [1.165, 1.54) is 5.19 Å². The lowest BCUT2D eigenvalue weighted by atomic mass is 10.1. The highest BCUT2D eigenvalue weighted by atomic mass is 28.3. The predicted octanol–water partition coefficient (Wildman–Crippen LogP) is 2.92. The minimum absolute atomic E-state index is 0.301. The molecule has 5 heteroatoms. The first-order valence-electron chi connectivity index (χ1n) is 6.34. The highest BCUT2D eigenvalue weighted by Crippen LogP contribution is 2.17. The Morgan fingerprint density at radius 3 is 2.20 bits per heavy atom. The van der Waals surface area contributed by atoms with Crippen molar-refractivity contribution in [2.75, 3.05) is 0 Å². The number of carbonyl (C=O) groups is 1. The number of benzene rings is 1. The van der Waals surface area contributed by atoms with E-state index in [9.17, 15) is 4.79 Å². The van der Waals surface area contributed by atoms with Gasteiger partial charge in [0.05, 0.1) is 19.3 Å². The van der Waals surface area contributed by atoms with E-state index in [1.54, 1.807) is 24.3 Å². The first-order valence-corrected chi connectivity index (χ1v) is 9.84. The molecule has 1 N–H and O–H groups in total. The molecule has 0 radical (unpaired) electrons. The lowest BCUT2D eigenvalue weighted by Crippen LogP contribution is -2.37. The SMILES string of the molecule is C[Si](C)(C)c1ccc(-c2ccc(C(=O)OO)cc2)nc1. The van der Waals surface area contributed by atoms with Gasteiger partial charge >= 0.3 is 5.97 Å². The summed E-state index contributed by atoms with van der Waals surface area (Å²) in [5.41, 5.74) is 2.08. The second kappa shape index (κ2) is 5.56. The molecule has 104 valence electrons. The molecule has 0 saturated carbocycles. The molecule has 4 nitrogen and oxygen atoms in total. The van der Waals surface area contributed by atoms with Crippen molar-refractivity contribution in [3.05, 3.63) is 48.2 Å². The Hall–Kier alpha value is -1.98. The molecule has 0 spiro atoms. The maximum Gasteiger partial charge on any atom is 0.372 e. The van der Waals surface area contributed by atoms with Gasteiger partial charge in [-0.2, -0.15) is 5.26 Å². The topological polar surface area (TPSA) is 59.4 Å². The first-order chi connectivity index (χ1) is 9.41. The predicted molar refractivity (Wildman–Crippen MR) is 80.7 cm³/mol. The van der Waals surface area contributed by atoms with Gasteiger partial charge in [-0.25, -0.2) is 4.79 Å². The number of pyridine rings is 1. The van der Waals surface area contributed by atoms with Gasteiger partial charge in [0.25, 0.3) is 0 Å². The van der Waals surface area contributed by atoms with Crippen molar-refractivity contribution in [3.63, 3.8) is 0 Å². The molecule has 1 aromatic heterocycles. The smallest absolute Gasteiger partial charge is 0.296 e. The fraction of sp³-hybridized carbons (Fsp3) is 0.200. The summed E-state index contributed by atoms with van der Waals surface area (Å²) in [6, 6.07) is 10.9. The monoisotopic (exact) mass is 287 g/mol. The van der Waals surface area contributed by atoms with Crippen LogP contribution in [0.4, 0.5) is 0 Å². The number of carbonyl (C=O) groups excluding carboxylic acids is 1. The van der Waals surface area contributed by atoms with Gasteiger partial charge in [0.15, 0.2) is 0 Å². The lowest BCUT2D eigenvalue weighted by molar-refractivity contribution is -0.182. The molecule has 1 aromatic carbocycles.